The molecule has 0 radical (unpaired) electrons. The van der Waals surface area contributed by atoms with Crippen LogP contribution in [0, 0.1) is 0 Å². The van der Waals surface area contributed by atoms with Gasteiger partial charge in [0.05, 0.1) is 0 Å². The molecule has 7 nitrogen and oxygen atoms in total. The zero-order valence-electron chi connectivity index (χ0n) is 11.2. The fraction of sp³-hybridized carbons (Fsp3) is 0.154. The molecule has 0 amide bonds. The molecule has 3 rings (SSSR count). The Kier molecular flexibility index (Phi) is 3.38. The number of anilines is 2. The molecule has 0 saturated heterocycles. The third-order valence-electron chi connectivity index (χ3n) is 3.06. The van der Waals surface area contributed by atoms with Gasteiger partial charge in [0.25, 0.3) is 5.56 Å². The van der Waals surface area contributed by atoms with Gasteiger partial charge in [0.15, 0.2) is 5.65 Å². The molecule has 0 aliphatic carbocycles. The number of halogens is 1. The molecule has 3 N–H and O–H groups in total. The van der Waals surface area contributed by atoms with Crippen LogP contribution in [-0.2, 0) is 6.54 Å². The first kappa shape index (κ1) is 13.6. The van der Waals surface area contributed by atoms with Crippen LogP contribution < -0.4 is 16.7 Å². The number of hydrogen-bond donors (Lipinski definition) is 2. The number of rotatable bonds is 3. The Bertz CT molecular complexity index is 851. The van der Waals surface area contributed by atoms with Crippen molar-refractivity contribution >= 4 is 38.6 Å². The van der Waals surface area contributed by atoms with Crippen molar-refractivity contribution in [3.63, 3.8) is 0 Å². The highest BCUT2D eigenvalue weighted by Gasteiger charge is 2.12. The molecule has 0 spiro atoms. The van der Waals surface area contributed by atoms with Gasteiger partial charge < -0.3 is 11.2 Å². The van der Waals surface area contributed by atoms with Crippen LogP contribution in [0.4, 0.5) is 11.6 Å². The fourth-order valence-corrected chi connectivity index (χ4v) is 2.20. The lowest BCUT2D eigenvalue weighted by atomic mass is 10.3. The van der Waals surface area contributed by atoms with Crippen LogP contribution >= 0.6 is 15.9 Å². The van der Waals surface area contributed by atoms with E-state index in [2.05, 4.69) is 31.3 Å². The first-order valence-corrected chi connectivity index (χ1v) is 7.15. The van der Waals surface area contributed by atoms with Gasteiger partial charge in [0.1, 0.15) is 5.39 Å². The molecule has 2 aromatic heterocycles. The minimum absolute atomic E-state index is 0.246. The minimum atomic E-state index is -0.334. The SMILES string of the molecule is CCn1cc2c(=O)n(N)c(Nc3ccc(Br)cc3)nc2n1. The number of nitrogens with two attached hydrogens (primary N) is 1. The summed E-state index contributed by atoms with van der Waals surface area (Å²) in [7, 11) is 0. The molecule has 0 saturated carbocycles. The van der Waals surface area contributed by atoms with E-state index in [1.54, 1.807) is 10.9 Å². The molecule has 8 heteroatoms. The number of aryl methyl sites for hydroxylation is 1. The van der Waals surface area contributed by atoms with Crippen LogP contribution in [0.2, 0.25) is 0 Å². The monoisotopic (exact) mass is 348 g/mol. The van der Waals surface area contributed by atoms with Crippen molar-refractivity contribution in [2.75, 3.05) is 11.2 Å². The molecule has 0 atom stereocenters. The first-order valence-electron chi connectivity index (χ1n) is 6.36. The number of nitrogens with zero attached hydrogens (tertiary/aromatic N) is 4. The third-order valence-corrected chi connectivity index (χ3v) is 3.58. The summed E-state index contributed by atoms with van der Waals surface area (Å²) >= 11 is 3.36. The molecule has 0 aliphatic rings. The van der Waals surface area contributed by atoms with Crippen LogP contribution in [0.5, 0.6) is 0 Å². The number of nitrogen functional groups attached to an aromatic ring is 1. The van der Waals surface area contributed by atoms with Crippen LogP contribution in [-0.4, -0.2) is 19.4 Å². The second-order valence-electron chi connectivity index (χ2n) is 4.46. The van der Waals surface area contributed by atoms with Gasteiger partial charge in [-0.25, -0.2) is 0 Å². The van der Waals surface area contributed by atoms with Crippen molar-refractivity contribution in [3.05, 3.63) is 45.3 Å². The quantitative estimate of drug-likeness (QED) is 0.704. The van der Waals surface area contributed by atoms with Gasteiger partial charge in [-0.2, -0.15) is 14.8 Å². The Morgan fingerprint density at radius 1 is 1.33 bits per heavy atom. The number of aromatic nitrogens is 4. The maximum absolute atomic E-state index is 12.2. The van der Waals surface area contributed by atoms with E-state index in [1.807, 2.05) is 31.2 Å². The second-order valence-corrected chi connectivity index (χ2v) is 5.38. The van der Waals surface area contributed by atoms with E-state index in [1.165, 1.54) is 0 Å². The molecule has 0 aliphatic heterocycles. The summed E-state index contributed by atoms with van der Waals surface area (Å²) in [4.78, 5) is 16.5. The summed E-state index contributed by atoms with van der Waals surface area (Å²) in [6.45, 7) is 2.60. The lowest BCUT2D eigenvalue weighted by Crippen LogP contribution is -2.30. The maximum atomic E-state index is 12.2. The summed E-state index contributed by atoms with van der Waals surface area (Å²) in [5, 5.41) is 7.66. The molecular formula is C13H13BrN6O. The van der Waals surface area contributed by atoms with E-state index in [0.717, 1.165) is 14.8 Å². The van der Waals surface area contributed by atoms with E-state index in [9.17, 15) is 4.79 Å². The lowest BCUT2D eigenvalue weighted by Gasteiger charge is -2.09. The van der Waals surface area contributed by atoms with Crippen molar-refractivity contribution < 1.29 is 0 Å². The number of benzene rings is 1. The van der Waals surface area contributed by atoms with Gasteiger partial charge in [-0.15, -0.1) is 0 Å². The highest BCUT2D eigenvalue weighted by molar-refractivity contribution is 9.10. The van der Waals surface area contributed by atoms with Crippen molar-refractivity contribution in [2.24, 2.45) is 0 Å². The minimum Gasteiger partial charge on any atom is -0.333 e. The Morgan fingerprint density at radius 2 is 2.05 bits per heavy atom. The van der Waals surface area contributed by atoms with E-state index in [0.29, 0.717) is 17.6 Å². The van der Waals surface area contributed by atoms with Crippen molar-refractivity contribution in [3.8, 4) is 0 Å². The predicted molar refractivity (Wildman–Crippen MR) is 85.0 cm³/mol. The van der Waals surface area contributed by atoms with Crippen molar-refractivity contribution in [1.82, 2.24) is 19.4 Å². The summed E-state index contributed by atoms with van der Waals surface area (Å²) in [5.74, 6) is 6.06. The van der Waals surface area contributed by atoms with E-state index in [-0.39, 0.29) is 11.5 Å². The zero-order valence-corrected chi connectivity index (χ0v) is 12.8. The second kappa shape index (κ2) is 5.21. The number of nitrogens with one attached hydrogen (secondary N) is 1. The summed E-state index contributed by atoms with van der Waals surface area (Å²) in [5.41, 5.74) is 0.820. The van der Waals surface area contributed by atoms with Gasteiger partial charge in [-0.3, -0.25) is 9.48 Å². The van der Waals surface area contributed by atoms with Crippen molar-refractivity contribution in [2.45, 2.75) is 13.5 Å². The normalized spacial score (nSPS) is 11.0. The predicted octanol–water partition coefficient (Wildman–Crippen LogP) is 1.83. The van der Waals surface area contributed by atoms with Gasteiger partial charge >= 0.3 is 0 Å². The Morgan fingerprint density at radius 3 is 2.71 bits per heavy atom. The topological polar surface area (TPSA) is 90.8 Å². The molecule has 1 aromatic carbocycles. The van der Waals surface area contributed by atoms with Gasteiger partial charge in [-0.1, -0.05) is 15.9 Å². The molecular weight excluding hydrogens is 336 g/mol. The van der Waals surface area contributed by atoms with Crippen LogP contribution in [0.3, 0.4) is 0 Å². The van der Waals surface area contributed by atoms with Gasteiger partial charge in [-0.05, 0) is 31.2 Å². The molecule has 0 bridgehead atoms. The average molecular weight is 349 g/mol. The highest BCUT2D eigenvalue weighted by Crippen LogP contribution is 2.18. The Hall–Kier alpha value is -2.35. The van der Waals surface area contributed by atoms with E-state index < -0.39 is 0 Å². The molecule has 108 valence electrons. The average Bonchev–Trinajstić information content (AvgIpc) is 2.90. The Labute approximate surface area is 128 Å². The summed E-state index contributed by atoms with van der Waals surface area (Å²) in [6.07, 6.45) is 1.65. The summed E-state index contributed by atoms with van der Waals surface area (Å²) < 4.78 is 3.61. The first-order chi connectivity index (χ1) is 10.1. The van der Waals surface area contributed by atoms with Crippen LogP contribution in [0.1, 0.15) is 6.92 Å². The van der Waals surface area contributed by atoms with Crippen LogP contribution in [0.25, 0.3) is 11.0 Å². The van der Waals surface area contributed by atoms with E-state index >= 15 is 0 Å². The third kappa shape index (κ3) is 2.49. The summed E-state index contributed by atoms with van der Waals surface area (Å²) in [6, 6.07) is 7.47. The fourth-order valence-electron chi connectivity index (χ4n) is 1.94. The van der Waals surface area contributed by atoms with Gasteiger partial charge in [0.2, 0.25) is 5.95 Å². The molecule has 3 aromatic rings. The molecule has 2 heterocycles. The highest BCUT2D eigenvalue weighted by atomic mass is 79.9. The number of hydrogen-bond acceptors (Lipinski definition) is 5. The Balaban J connectivity index is 2.07. The smallest absolute Gasteiger partial charge is 0.284 e. The lowest BCUT2D eigenvalue weighted by molar-refractivity contribution is 0.666. The zero-order chi connectivity index (χ0) is 15.0. The standard InChI is InChI=1S/C13H13BrN6O/c1-2-19-7-10-11(18-19)17-13(20(15)12(10)21)16-9-5-3-8(14)4-6-9/h3-7H,2,15H2,1H3,(H,16,17,18). The largest absolute Gasteiger partial charge is 0.333 e. The van der Waals surface area contributed by atoms with Crippen LogP contribution in [0.15, 0.2) is 39.7 Å². The molecule has 0 fully saturated rings. The van der Waals surface area contributed by atoms with Gasteiger partial charge in [0, 0.05) is 22.9 Å². The van der Waals surface area contributed by atoms with E-state index in [4.69, 9.17) is 5.84 Å². The maximum Gasteiger partial charge on any atom is 0.284 e. The molecule has 0 unspecified atom stereocenters. The number of fused-ring (bicyclic) bond motifs is 1. The molecule has 21 heavy (non-hydrogen) atoms. The van der Waals surface area contributed by atoms with Crippen molar-refractivity contribution in [1.29, 1.82) is 0 Å².